The molecular formula is C5H4NOS-. The molecule has 1 aliphatic heterocycles. The largest absolute Gasteiger partial charge is 0.763 e. The van der Waals surface area contributed by atoms with Crippen molar-refractivity contribution in [3.63, 3.8) is 0 Å². The van der Waals surface area contributed by atoms with Gasteiger partial charge in [0.15, 0.2) is 5.78 Å². The first-order chi connectivity index (χ1) is 3.84. The average molecular weight is 126 g/mol. The van der Waals surface area contributed by atoms with E-state index in [1.807, 2.05) is 5.87 Å². The number of ketones is 1. The summed E-state index contributed by atoms with van der Waals surface area (Å²) >= 11 is 1.51. The average Bonchev–Trinajstić information content (AvgIpc) is 2.14. The Morgan fingerprint density at radius 3 is 2.62 bits per heavy atom. The molecule has 3 heteroatoms. The van der Waals surface area contributed by atoms with E-state index >= 15 is 0 Å². The van der Waals surface area contributed by atoms with Crippen molar-refractivity contribution in [3.8, 4) is 0 Å². The van der Waals surface area contributed by atoms with E-state index in [9.17, 15) is 4.79 Å². The molecular weight excluding hydrogens is 122 g/mol. The molecule has 0 bridgehead atoms. The summed E-state index contributed by atoms with van der Waals surface area (Å²) < 4.78 is 0. The van der Waals surface area contributed by atoms with Gasteiger partial charge in [-0.15, -0.1) is 11.8 Å². The van der Waals surface area contributed by atoms with Gasteiger partial charge >= 0.3 is 0 Å². The zero-order valence-electron chi connectivity index (χ0n) is 4.18. The first-order valence-corrected chi connectivity index (χ1v) is 3.37. The molecule has 8 heavy (non-hydrogen) atoms. The fourth-order valence-electron chi connectivity index (χ4n) is 0.508. The highest BCUT2D eigenvalue weighted by Gasteiger charge is 2.14. The summed E-state index contributed by atoms with van der Waals surface area (Å²) in [6.07, 6.45) is 0. The molecule has 0 aromatic heterocycles. The van der Waals surface area contributed by atoms with Gasteiger partial charge in [-0.1, -0.05) is 0 Å². The third kappa shape index (κ3) is 0.831. The van der Waals surface area contributed by atoms with E-state index in [4.69, 9.17) is 5.41 Å². The lowest BCUT2D eigenvalue weighted by atomic mass is 10.2. The van der Waals surface area contributed by atoms with E-state index in [1.54, 1.807) is 0 Å². The van der Waals surface area contributed by atoms with E-state index in [0.29, 0.717) is 17.1 Å². The van der Waals surface area contributed by atoms with Crippen LogP contribution >= 0.6 is 11.8 Å². The maximum Gasteiger partial charge on any atom is 0.175 e. The number of carbonyl (C=O) groups excluding carboxylic acids is 1. The first-order valence-electron chi connectivity index (χ1n) is 2.21. The molecule has 0 saturated carbocycles. The van der Waals surface area contributed by atoms with Gasteiger partial charge in [0.05, 0.1) is 5.75 Å². The molecule has 0 aromatic rings. The van der Waals surface area contributed by atoms with Crippen molar-refractivity contribution < 1.29 is 4.79 Å². The highest BCUT2D eigenvalue weighted by molar-refractivity contribution is 8.00. The molecule has 42 valence electrons. The molecule has 1 saturated heterocycles. The second-order valence-corrected chi connectivity index (χ2v) is 2.49. The van der Waals surface area contributed by atoms with Crippen LogP contribution in [0.2, 0.25) is 0 Å². The van der Waals surface area contributed by atoms with Crippen molar-refractivity contribution in [1.82, 2.24) is 0 Å². The first kappa shape index (κ1) is 5.60. The summed E-state index contributed by atoms with van der Waals surface area (Å²) in [5.41, 5.74) is 0.426. The lowest BCUT2D eigenvalue weighted by Crippen LogP contribution is -1.96. The fourth-order valence-corrected chi connectivity index (χ4v) is 1.40. The standard InChI is InChI=1S/C5H4NOS/c6-1-4-2-8-3-5(4)7/h2-3H2/q-1. The summed E-state index contributed by atoms with van der Waals surface area (Å²) in [6, 6.07) is 0. The lowest BCUT2D eigenvalue weighted by molar-refractivity contribution is -0.112. The van der Waals surface area contributed by atoms with Crippen LogP contribution < -0.4 is 0 Å². The highest BCUT2D eigenvalue weighted by Crippen LogP contribution is 2.16. The number of carbonyl (C=O) groups is 1. The van der Waals surface area contributed by atoms with Crippen molar-refractivity contribution in [2.75, 3.05) is 11.5 Å². The van der Waals surface area contributed by atoms with Gasteiger partial charge in [0.2, 0.25) is 0 Å². The molecule has 1 heterocycles. The van der Waals surface area contributed by atoms with E-state index in [0.717, 1.165) is 0 Å². The molecule has 0 radical (unpaired) electrons. The predicted octanol–water partition coefficient (Wildman–Crippen LogP) is 0.468. The quantitative estimate of drug-likeness (QED) is 0.349. The van der Waals surface area contributed by atoms with Gasteiger partial charge in [0.25, 0.3) is 0 Å². The number of rotatable bonds is 0. The molecule has 0 aliphatic carbocycles. The van der Waals surface area contributed by atoms with Crippen LogP contribution in [0, 0.1) is 0 Å². The Morgan fingerprint density at radius 1 is 1.62 bits per heavy atom. The Hall–Kier alpha value is -0.530. The molecule has 0 aromatic carbocycles. The van der Waals surface area contributed by atoms with Gasteiger partial charge in [-0.2, -0.15) is 0 Å². The van der Waals surface area contributed by atoms with Crippen LogP contribution in [0.15, 0.2) is 5.57 Å². The van der Waals surface area contributed by atoms with Gasteiger partial charge in [0, 0.05) is 11.3 Å². The van der Waals surface area contributed by atoms with Gasteiger partial charge in [0.1, 0.15) is 0 Å². The van der Waals surface area contributed by atoms with Gasteiger partial charge in [-0.05, 0) is 0 Å². The number of Topliss-reactive ketones (excluding diaryl/α,β-unsaturated/α-hetero) is 1. The highest BCUT2D eigenvalue weighted by atomic mass is 32.2. The van der Waals surface area contributed by atoms with Crippen molar-refractivity contribution >= 4 is 23.4 Å². The predicted molar refractivity (Wildman–Crippen MR) is 34.2 cm³/mol. The summed E-state index contributed by atoms with van der Waals surface area (Å²) in [5, 5.41) is 8.22. The monoisotopic (exact) mass is 126 g/mol. The molecule has 1 aliphatic rings. The third-order valence-electron chi connectivity index (χ3n) is 0.951. The zero-order chi connectivity index (χ0) is 5.98. The van der Waals surface area contributed by atoms with E-state index in [1.165, 1.54) is 11.8 Å². The molecule has 1 fully saturated rings. The summed E-state index contributed by atoms with van der Waals surface area (Å²) in [7, 11) is 0. The van der Waals surface area contributed by atoms with Crippen LogP contribution in [0.5, 0.6) is 0 Å². The Bertz CT molecular complexity index is 169. The number of hydrogen-bond acceptors (Lipinski definition) is 2. The van der Waals surface area contributed by atoms with Crippen LogP contribution in [0.3, 0.4) is 0 Å². The molecule has 0 amide bonds. The molecule has 2 nitrogen and oxygen atoms in total. The fraction of sp³-hybridized carbons (Fsp3) is 0.400. The molecule has 0 N–H and O–H groups in total. The van der Waals surface area contributed by atoms with Crippen molar-refractivity contribution in [3.05, 3.63) is 11.0 Å². The summed E-state index contributed by atoms with van der Waals surface area (Å²) in [5.74, 6) is 2.99. The van der Waals surface area contributed by atoms with Crippen LogP contribution in [-0.4, -0.2) is 23.2 Å². The van der Waals surface area contributed by atoms with Crippen LogP contribution in [0.1, 0.15) is 0 Å². The van der Waals surface area contributed by atoms with Gasteiger partial charge in [-0.25, -0.2) is 0 Å². The maximum atomic E-state index is 10.5. The van der Waals surface area contributed by atoms with Gasteiger partial charge in [-0.3, -0.25) is 10.7 Å². The second-order valence-electron chi connectivity index (χ2n) is 1.51. The summed E-state index contributed by atoms with van der Waals surface area (Å²) in [6.45, 7) is 0. The zero-order valence-corrected chi connectivity index (χ0v) is 4.99. The van der Waals surface area contributed by atoms with Crippen LogP contribution in [0.25, 0.3) is 5.41 Å². The molecule has 1 rings (SSSR count). The third-order valence-corrected chi connectivity index (χ3v) is 1.91. The number of hydrogen-bond donors (Lipinski definition) is 0. The molecule has 0 atom stereocenters. The summed E-state index contributed by atoms with van der Waals surface area (Å²) in [4.78, 5) is 10.5. The van der Waals surface area contributed by atoms with Crippen LogP contribution in [0.4, 0.5) is 0 Å². The lowest BCUT2D eigenvalue weighted by Gasteiger charge is -1.84. The van der Waals surface area contributed by atoms with Crippen molar-refractivity contribution in [2.45, 2.75) is 0 Å². The minimum Gasteiger partial charge on any atom is -0.763 e. The van der Waals surface area contributed by atoms with Crippen LogP contribution in [-0.2, 0) is 4.79 Å². The minimum atomic E-state index is 0.0116. The van der Waals surface area contributed by atoms with Crippen molar-refractivity contribution in [2.24, 2.45) is 0 Å². The Labute approximate surface area is 51.5 Å². The minimum absolute atomic E-state index is 0.0116. The smallest absolute Gasteiger partial charge is 0.175 e. The Morgan fingerprint density at radius 2 is 2.38 bits per heavy atom. The van der Waals surface area contributed by atoms with E-state index in [2.05, 4.69) is 0 Å². The van der Waals surface area contributed by atoms with Gasteiger partial charge < -0.3 is 5.41 Å². The van der Waals surface area contributed by atoms with Crippen molar-refractivity contribution in [1.29, 1.82) is 0 Å². The Kier molecular flexibility index (Phi) is 1.51. The topological polar surface area (TPSA) is 39.4 Å². The number of thioether (sulfide) groups is 1. The van der Waals surface area contributed by atoms with E-state index < -0.39 is 0 Å². The number of nitrogens with zero attached hydrogens (tertiary/aromatic N) is 1. The van der Waals surface area contributed by atoms with E-state index in [-0.39, 0.29) is 5.78 Å². The normalized spacial score (nSPS) is 19.0. The molecule has 0 unspecified atom stereocenters. The molecule has 0 spiro atoms. The second kappa shape index (κ2) is 2.16. The maximum absolute atomic E-state index is 10.5. The SMILES string of the molecule is [N-]=C=C1CSCC1=O. The Balaban J connectivity index is 2.84.